The molecule has 3 nitrogen and oxygen atoms in total. The van der Waals surface area contributed by atoms with Gasteiger partial charge in [0.05, 0.1) is 17.0 Å². The molecule has 0 unspecified atom stereocenters. The molecule has 1 aromatic heterocycles. The molecule has 0 bridgehead atoms. The Morgan fingerprint density at radius 3 is 2.95 bits per heavy atom. The van der Waals surface area contributed by atoms with Gasteiger partial charge in [0.1, 0.15) is 5.82 Å². The molecule has 0 aliphatic carbocycles. The molecule has 2 rings (SSSR count). The molecule has 0 radical (unpaired) electrons. The lowest BCUT2D eigenvalue weighted by atomic mass is 10.1. The Bertz CT molecular complexity index is 713. The molecule has 1 amide bonds. The Kier molecular flexibility index (Phi) is 5.09. The Hall–Kier alpha value is -2.16. The lowest BCUT2D eigenvalue weighted by molar-refractivity contribution is 0.103. The summed E-state index contributed by atoms with van der Waals surface area (Å²) >= 11 is 1.39. The van der Waals surface area contributed by atoms with Crippen molar-refractivity contribution in [3.05, 3.63) is 51.5 Å². The summed E-state index contributed by atoms with van der Waals surface area (Å²) in [6.45, 7) is 2.16. The molecule has 1 heterocycles. The standard InChI is InChI=1S/C16H15FN2OS/c1-2-11-7-9-21-15(11)16(20)19-13-5-6-14(17)12(10-13)4-3-8-18/h5-7,9-10H,2,8,18H2,1H3,(H,19,20). The minimum atomic E-state index is -0.431. The van der Waals surface area contributed by atoms with Crippen LogP contribution >= 0.6 is 11.3 Å². The highest BCUT2D eigenvalue weighted by molar-refractivity contribution is 7.12. The average Bonchev–Trinajstić information content (AvgIpc) is 2.96. The van der Waals surface area contributed by atoms with Crippen molar-refractivity contribution in [2.45, 2.75) is 13.3 Å². The third kappa shape index (κ3) is 3.69. The minimum Gasteiger partial charge on any atom is -0.321 e. The van der Waals surface area contributed by atoms with E-state index in [-0.39, 0.29) is 18.0 Å². The number of hydrogen-bond acceptors (Lipinski definition) is 3. The normalized spacial score (nSPS) is 9.86. The number of amides is 1. The highest BCUT2D eigenvalue weighted by atomic mass is 32.1. The first kappa shape index (κ1) is 15.2. The maximum Gasteiger partial charge on any atom is 0.266 e. The molecule has 2 aromatic rings. The highest BCUT2D eigenvalue weighted by Gasteiger charge is 2.12. The molecule has 1 aromatic carbocycles. The Morgan fingerprint density at radius 2 is 2.24 bits per heavy atom. The third-order valence-corrected chi connectivity index (χ3v) is 3.84. The fourth-order valence-corrected chi connectivity index (χ4v) is 2.74. The first-order valence-corrected chi connectivity index (χ1v) is 7.40. The van der Waals surface area contributed by atoms with Gasteiger partial charge >= 0.3 is 0 Å². The number of carbonyl (C=O) groups excluding carboxylic acids is 1. The maximum atomic E-state index is 13.6. The van der Waals surface area contributed by atoms with Crippen molar-refractivity contribution in [1.82, 2.24) is 0 Å². The van der Waals surface area contributed by atoms with Crippen LogP contribution in [-0.2, 0) is 6.42 Å². The van der Waals surface area contributed by atoms with E-state index in [4.69, 9.17) is 5.73 Å². The summed E-state index contributed by atoms with van der Waals surface area (Å²) in [7, 11) is 0. The number of nitrogens with one attached hydrogen (secondary N) is 1. The van der Waals surface area contributed by atoms with Gasteiger partial charge in [-0.15, -0.1) is 11.3 Å². The van der Waals surface area contributed by atoms with Crippen LogP contribution in [0, 0.1) is 17.7 Å². The van der Waals surface area contributed by atoms with Gasteiger partial charge in [-0.1, -0.05) is 18.8 Å². The molecule has 108 valence electrons. The summed E-state index contributed by atoms with van der Waals surface area (Å²) in [5.41, 5.74) is 7.01. The van der Waals surface area contributed by atoms with Gasteiger partial charge in [0.2, 0.25) is 0 Å². The fourth-order valence-electron chi connectivity index (χ4n) is 1.85. The number of halogens is 1. The van der Waals surface area contributed by atoms with E-state index in [9.17, 15) is 9.18 Å². The second kappa shape index (κ2) is 7.02. The van der Waals surface area contributed by atoms with Crippen molar-refractivity contribution in [2.24, 2.45) is 5.73 Å². The zero-order valence-corrected chi connectivity index (χ0v) is 12.4. The van der Waals surface area contributed by atoms with E-state index in [1.54, 1.807) is 0 Å². The molecule has 0 fully saturated rings. The number of benzene rings is 1. The van der Waals surface area contributed by atoms with Gasteiger partial charge in [-0.25, -0.2) is 4.39 Å². The smallest absolute Gasteiger partial charge is 0.266 e. The summed E-state index contributed by atoms with van der Waals surface area (Å²) in [6, 6.07) is 6.24. The third-order valence-electron chi connectivity index (χ3n) is 2.88. The van der Waals surface area contributed by atoms with Gasteiger partial charge < -0.3 is 11.1 Å². The molecule has 0 aliphatic rings. The van der Waals surface area contributed by atoms with Crippen molar-refractivity contribution in [3.8, 4) is 11.8 Å². The van der Waals surface area contributed by atoms with Crippen LogP contribution in [0.5, 0.6) is 0 Å². The number of nitrogens with two attached hydrogens (primary N) is 1. The molecule has 0 atom stereocenters. The van der Waals surface area contributed by atoms with E-state index in [2.05, 4.69) is 17.2 Å². The molecule has 0 spiro atoms. The van der Waals surface area contributed by atoms with Crippen molar-refractivity contribution in [3.63, 3.8) is 0 Å². The molecule has 3 N–H and O–H groups in total. The van der Waals surface area contributed by atoms with Crippen molar-refractivity contribution in [1.29, 1.82) is 0 Å². The first-order valence-electron chi connectivity index (χ1n) is 6.52. The number of carbonyl (C=O) groups is 1. The molecular formula is C16H15FN2OS. The summed E-state index contributed by atoms with van der Waals surface area (Å²) in [5.74, 6) is 4.62. The number of aryl methyl sites for hydroxylation is 1. The van der Waals surface area contributed by atoms with Gasteiger partial charge in [-0.3, -0.25) is 4.79 Å². The van der Waals surface area contributed by atoms with E-state index < -0.39 is 5.82 Å². The predicted molar refractivity (Wildman–Crippen MR) is 84.0 cm³/mol. The number of anilines is 1. The predicted octanol–water partition coefficient (Wildman–Crippen LogP) is 3.01. The number of hydrogen-bond donors (Lipinski definition) is 2. The summed E-state index contributed by atoms with van der Waals surface area (Å²) in [4.78, 5) is 12.9. The van der Waals surface area contributed by atoms with Crippen molar-refractivity contribution >= 4 is 22.9 Å². The molecular weight excluding hydrogens is 287 g/mol. The van der Waals surface area contributed by atoms with Crippen LogP contribution in [0.1, 0.15) is 27.7 Å². The summed E-state index contributed by atoms with van der Waals surface area (Å²) < 4.78 is 13.6. The largest absolute Gasteiger partial charge is 0.321 e. The van der Waals surface area contributed by atoms with E-state index in [1.807, 2.05) is 18.4 Å². The molecule has 5 heteroatoms. The monoisotopic (exact) mass is 302 g/mol. The van der Waals surface area contributed by atoms with E-state index in [0.717, 1.165) is 12.0 Å². The van der Waals surface area contributed by atoms with Gasteiger partial charge in [0.25, 0.3) is 5.91 Å². The lowest BCUT2D eigenvalue weighted by Gasteiger charge is -2.06. The molecule has 0 aliphatic heterocycles. The Morgan fingerprint density at radius 1 is 1.43 bits per heavy atom. The Labute approximate surface area is 127 Å². The quantitative estimate of drug-likeness (QED) is 0.856. The van der Waals surface area contributed by atoms with Crippen LogP contribution in [0.2, 0.25) is 0 Å². The lowest BCUT2D eigenvalue weighted by Crippen LogP contribution is -2.12. The van der Waals surface area contributed by atoms with Crippen LogP contribution in [0.25, 0.3) is 0 Å². The van der Waals surface area contributed by atoms with E-state index >= 15 is 0 Å². The minimum absolute atomic E-state index is 0.158. The number of thiophene rings is 1. The first-order chi connectivity index (χ1) is 10.2. The Balaban J connectivity index is 2.22. The van der Waals surface area contributed by atoms with E-state index in [1.165, 1.54) is 29.5 Å². The SMILES string of the molecule is CCc1ccsc1C(=O)Nc1ccc(F)c(C#CCN)c1. The molecule has 0 saturated carbocycles. The van der Waals surface area contributed by atoms with Gasteiger partial charge in [0, 0.05) is 5.69 Å². The van der Waals surface area contributed by atoms with Crippen LogP contribution in [0.4, 0.5) is 10.1 Å². The second-order valence-electron chi connectivity index (χ2n) is 4.28. The maximum absolute atomic E-state index is 13.6. The average molecular weight is 302 g/mol. The van der Waals surface area contributed by atoms with Crippen LogP contribution in [0.3, 0.4) is 0 Å². The van der Waals surface area contributed by atoms with Crippen LogP contribution in [0.15, 0.2) is 29.6 Å². The van der Waals surface area contributed by atoms with E-state index in [0.29, 0.717) is 10.6 Å². The highest BCUT2D eigenvalue weighted by Crippen LogP contribution is 2.20. The van der Waals surface area contributed by atoms with Gasteiger partial charge in [0.15, 0.2) is 0 Å². The van der Waals surface area contributed by atoms with Gasteiger partial charge in [-0.05, 0) is 41.6 Å². The zero-order valence-electron chi connectivity index (χ0n) is 11.6. The number of rotatable bonds is 3. The second-order valence-corrected chi connectivity index (χ2v) is 5.20. The fraction of sp³-hybridized carbons (Fsp3) is 0.188. The molecule has 0 saturated heterocycles. The van der Waals surface area contributed by atoms with Crippen LogP contribution in [-0.4, -0.2) is 12.5 Å². The molecule has 21 heavy (non-hydrogen) atoms. The topological polar surface area (TPSA) is 55.1 Å². The van der Waals surface area contributed by atoms with Gasteiger partial charge in [-0.2, -0.15) is 0 Å². The van der Waals surface area contributed by atoms with Crippen LogP contribution < -0.4 is 11.1 Å². The van der Waals surface area contributed by atoms with Crippen molar-refractivity contribution in [2.75, 3.05) is 11.9 Å². The summed E-state index contributed by atoms with van der Waals surface area (Å²) in [5, 5.41) is 4.65. The van der Waals surface area contributed by atoms with Crippen molar-refractivity contribution < 1.29 is 9.18 Å². The summed E-state index contributed by atoms with van der Waals surface area (Å²) in [6.07, 6.45) is 0.795. The zero-order chi connectivity index (χ0) is 15.2.